The molecule has 188 valence electrons. The second-order valence-corrected chi connectivity index (χ2v) is 8.33. The summed E-state index contributed by atoms with van der Waals surface area (Å²) < 4.78 is 33.5. The van der Waals surface area contributed by atoms with Crippen LogP contribution in [0.3, 0.4) is 0 Å². The second-order valence-electron chi connectivity index (χ2n) is 8.33. The van der Waals surface area contributed by atoms with Crippen molar-refractivity contribution in [1.82, 2.24) is 0 Å². The highest BCUT2D eigenvalue weighted by molar-refractivity contribution is 4.94. The van der Waals surface area contributed by atoms with E-state index in [-0.39, 0.29) is 12.8 Å². The molecule has 3 saturated heterocycles. The van der Waals surface area contributed by atoms with E-state index < -0.39 is 93.1 Å². The molecule has 13 atom stereocenters. The van der Waals surface area contributed by atoms with E-state index in [1.54, 1.807) is 6.92 Å². The molecule has 7 N–H and O–H groups in total. The molecule has 0 spiro atoms. The van der Waals surface area contributed by atoms with E-state index in [0.717, 1.165) is 0 Å². The largest absolute Gasteiger partial charge is 0.394 e. The molecule has 13 nitrogen and oxygen atoms in total. The summed E-state index contributed by atoms with van der Waals surface area (Å²) in [7, 11) is 1.30. The summed E-state index contributed by atoms with van der Waals surface area (Å²) in [6.07, 6.45) is -15.1. The lowest BCUT2D eigenvalue weighted by atomic mass is 9.97. The fourth-order valence-electron chi connectivity index (χ4n) is 4.06. The molecule has 3 aliphatic rings. The molecule has 0 unspecified atom stereocenters. The molecule has 0 aliphatic carbocycles. The fourth-order valence-corrected chi connectivity index (χ4v) is 4.06. The Kier molecular flexibility index (Phi) is 9.19. The van der Waals surface area contributed by atoms with Crippen LogP contribution in [0, 0.1) is 0 Å². The molecule has 0 bridgehead atoms. The molecule has 0 radical (unpaired) electrons. The third kappa shape index (κ3) is 5.58. The zero-order valence-electron chi connectivity index (χ0n) is 17.9. The van der Waals surface area contributed by atoms with Gasteiger partial charge in [-0.25, -0.2) is 0 Å². The first-order valence-corrected chi connectivity index (χ1v) is 10.6. The first-order chi connectivity index (χ1) is 15.2. The van der Waals surface area contributed by atoms with E-state index >= 15 is 0 Å². The van der Waals surface area contributed by atoms with Gasteiger partial charge in [-0.2, -0.15) is 0 Å². The Morgan fingerprint density at radius 3 is 1.81 bits per heavy atom. The number of rotatable bonds is 7. The summed E-state index contributed by atoms with van der Waals surface area (Å²) >= 11 is 0. The highest BCUT2D eigenvalue weighted by Crippen LogP contribution is 2.33. The predicted molar refractivity (Wildman–Crippen MR) is 102 cm³/mol. The van der Waals surface area contributed by atoms with Crippen LogP contribution in [0.1, 0.15) is 19.8 Å². The number of ether oxygens (including phenoxy) is 6. The minimum absolute atomic E-state index is 0.0195. The maximum atomic E-state index is 10.8. The molecule has 0 saturated carbocycles. The standard InChI is InChI=1S/C19H34O13/c1-7-8(22)3-10(24)17(28-7)31-15-14(26)13(6-21)30-19(27-2)16(15)32-18-11(25)4-9(23)12(5-20)29-18/h7-26H,3-6H2,1-2H3/t7-,8-,9-,10-,11-,12-,13-,14-,15+,16+,17-,18-,19+/m1/s1. The Morgan fingerprint density at radius 2 is 1.22 bits per heavy atom. The van der Waals surface area contributed by atoms with Gasteiger partial charge in [0.2, 0.25) is 0 Å². The summed E-state index contributed by atoms with van der Waals surface area (Å²) in [5.74, 6) is 0. The summed E-state index contributed by atoms with van der Waals surface area (Å²) in [5.41, 5.74) is 0. The summed E-state index contributed by atoms with van der Waals surface area (Å²) in [6.45, 7) is 0.514. The van der Waals surface area contributed by atoms with Gasteiger partial charge in [0.05, 0.1) is 31.5 Å². The van der Waals surface area contributed by atoms with Crippen molar-refractivity contribution in [3.63, 3.8) is 0 Å². The zero-order chi connectivity index (χ0) is 23.6. The second kappa shape index (κ2) is 11.3. The van der Waals surface area contributed by atoms with E-state index in [2.05, 4.69) is 0 Å². The van der Waals surface area contributed by atoms with Gasteiger partial charge >= 0.3 is 0 Å². The van der Waals surface area contributed by atoms with E-state index in [9.17, 15) is 35.7 Å². The summed E-state index contributed by atoms with van der Waals surface area (Å²) in [6, 6.07) is 0. The van der Waals surface area contributed by atoms with E-state index in [1.165, 1.54) is 7.11 Å². The Morgan fingerprint density at radius 1 is 0.688 bits per heavy atom. The molecule has 3 rings (SSSR count). The van der Waals surface area contributed by atoms with Crippen molar-refractivity contribution in [2.45, 2.75) is 99.7 Å². The lowest BCUT2D eigenvalue weighted by molar-refractivity contribution is -0.379. The van der Waals surface area contributed by atoms with Crippen LogP contribution in [0.15, 0.2) is 0 Å². The molecule has 3 aliphatic heterocycles. The zero-order valence-corrected chi connectivity index (χ0v) is 17.9. The molecular formula is C19H34O13. The lowest BCUT2D eigenvalue weighted by Gasteiger charge is -2.47. The van der Waals surface area contributed by atoms with Gasteiger partial charge in [-0.1, -0.05) is 0 Å². The minimum atomic E-state index is -1.45. The van der Waals surface area contributed by atoms with E-state index in [4.69, 9.17) is 28.4 Å². The number of aliphatic hydroxyl groups excluding tert-OH is 7. The monoisotopic (exact) mass is 470 g/mol. The van der Waals surface area contributed by atoms with E-state index in [0.29, 0.717) is 0 Å². The van der Waals surface area contributed by atoms with Gasteiger partial charge in [0.1, 0.15) is 42.7 Å². The van der Waals surface area contributed by atoms with Gasteiger partial charge in [0, 0.05) is 20.0 Å². The molecule has 0 aromatic carbocycles. The van der Waals surface area contributed by atoms with Crippen molar-refractivity contribution < 1.29 is 64.2 Å². The topological polar surface area (TPSA) is 197 Å². The summed E-state index contributed by atoms with van der Waals surface area (Å²) in [4.78, 5) is 0. The number of hydrogen-bond donors (Lipinski definition) is 7. The van der Waals surface area contributed by atoms with Gasteiger partial charge in [0.15, 0.2) is 18.9 Å². The van der Waals surface area contributed by atoms with Crippen molar-refractivity contribution in [1.29, 1.82) is 0 Å². The van der Waals surface area contributed by atoms with Crippen LogP contribution < -0.4 is 0 Å². The Balaban J connectivity index is 1.81. The van der Waals surface area contributed by atoms with Crippen molar-refractivity contribution in [3.8, 4) is 0 Å². The minimum Gasteiger partial charge on any atom is -0.394 e. The van der Waals surface area contributed by atoms with Gasteiger partial charge in [-0.15, -0.1) is 0 Å². The van der Waals surface area contributed by atoms with Gasteiger partial charge in [-0.3, -0.25) is 0 Å². The first kappa shape index (κ1) is 26.1. The molecule has 32 heavy (non-hydrogen) atoms. The van der Waals surface area contributed by atoms with Crippen molar-refractivity contribution in [3.05, 3.63) is 0 Å². The van der Waals surface area contributed by atoms with Crippen LogP contribution in [-0.2, 0) is 28.4 Å². The molecule has 3 fully saturated rings. The van der Waals surface area contributed by atoms with Crippen LogP contribution in [0.2, 0.25) is 0 Å². The molecular weight excluding hydrogens is 436 g/mol. The molecule has 0 aromatic heterocycles. The SMILES string of the molecule is CO[C@H]1O[C@H](CO)[C@@H](O)[C@H](O[C@H]2O[C@H](C)[C@H](O)C[C@H]2O)[C@@H]1O[C@H]1O[C@H](CO)[C@H](O)C[C@H]1O. The van der Waals surface area contributed by atoms with Crippen molar-refractivity contribution >= 4 is 0 Å². The highest BCUT2D eigenvalue weighted by atomic mass is 16.8. The Labute approximate surface area is 185 Å². The quantitative estimate of drug-likeness (QED) is 0.191. The number of methoxy groups -OCH3 is 1. The predicted octanol–water partition coefficient (Wildman–Crippen LogP) is -3.83. The third-order valence-corrected chi connectivity index (χ3v) is 6.02. The summed E-state index contributed by atoms with van der Waals surface area (Å²) in [5, 5.41) is 70.2. The number of hydrogen-bond acceptors (Lipinski definition) is 13. The van der Waals surface area contributed by atoms with Gasteiger partial charge < -0.3 is 64.2 Å². The number of aliphatic hydroxyl groups is 7. The molecule has 0 amide bonds. The van der Waals surface area contributed by atoms with Gasteiger partial charge in [-0.05, 0) is 6.92 Å². The van der Waals surface area contributed by atoms with Gasteiger partial charge in [0.25, 0.3) is 0 Å². The Hall–Kier alpha value is -0.520. The third-order valence-electron chi connectivity index (χ3n) is 6.02. The average molecular weight is 470 g/mol. The average Bonchev–Trinajstić information content (AvgIpc) is 2.76. The van der Waals surface area contributed by atoms with Crippen LogP contribution in [-0.4, -0.2) is 136 Å². The highest BCUT2D eigenvalue weighted by Gasteiger charge is 2.51. The molecule has 3 heterocycles. The van der Waals surface area contributed by atoms with Crippen LogP contribution >= 0.6 is 0 Å². The first-order valence-electron chi connectivity index (χ1n) is 10.6. The van der Waals surface area contributed by atoms with Crippen LogP contribution in [0.4, 0.5) is 0 Å². The maximum absolute atomic E-state index is 10.8. The maximum Gasteiger partial charge on any atom is 0.186 e. The Bertz CT molecular complexity index is 581. The van der Waals surface area contributed by atoms with Crippen molar-refractivity contribution in [2.24, 2.45) is 0 Å². The molecule has 0 aromatic rings. The van der Waals surface area contributed by atoms with E-state index in [1.807, 2.05) is 0 Å². The van der Waals surface area contributed by atoms with Crippen molar-refractivity contribution in [2.75, 3.05) is 20.3 Å². The molecule has 13 heteroatoms. The lowest BCUT2D eigenvalue weighted by Crippen LogP contribution is -2.64. The van der Waals surface area contributed by atoms with Crippen LogP contribution in [0.25, 0.3) is 0 Å². The normalized spacial score (nSPS) is 50.3. The smallest absolute Gasteiger partial charge is 0.186 e. The van der Waals surface area contributed by atoms with Crippen LogP contribution in [0.5, 0.6) is 0 Å². The fraction of sp³-hybridized carbons (Fsp3) is 1.00.